The van der Waals surface area contributed by atoms with Crippen LogP contribution in [0.15, 0.2) is 33.9 Å². The fourth-order valence-corrected chi connectivity index (χ4v) is 3.00. The van der Waals surface area contributed by atoms with Crippen LogP contribution in [0.5, 0.6) is 0 Å². The molecule has 0 aliphatic heterocycles. The second-order valence-electron chi connectivity index (χ2n) is 6.74. The molecule has 0 atom stereocenters. The monoisotopic (exact) mass is 367 g/mol. The number of nitrogens with one attached hydrogen (secondary N) is 1. The maximum Gasteiger partial charge on any atom is 0.332 e. The van der Waals surface area contributed by atoms with Gasteiger partial charge in [0.2, 0.25) is 5.91 Å². The Hall–Kier alpha value is -3.34. The van der Waals surface area contributed by atoms with E-state index in [2.05, 4.69) is 5.32 Å². The second-order valence-corrected chi connectivity index (χ2v) is 6.74. The van der Waals surface area contributed by atoms with Gasteiger partial charge in [0.25, 0.3) is 5.56 Å². The molecule has 1 aromatic carbocycles. The Labute approximate surface area is 156 Å². The molecule has 1 saturated carbocycles. The van der Waals surface area contributed by atoms with Gasteiger partial charge in [0.1, 0.15) is 11.9 Å². The molecule has 0 unspecified atom stereocenters. The third-order valence-corrected chi connectivity index (χ3v) is 4.74. The summed E-state index contributed by atoms with van der Waals surface area (Å²) >= 11 is 0. The largest absolute Gasteiger partial charge is 0.340 e. The highest BCUT2D eigenvalue weighted by atomic mass is 16.2. The van der Waals surface area contributed by atoms with Crippen LogP contribution in [0.1, 0.15) is 30.9 Å². The van der Waals surface area contributed by atoms with Gasteiger partial charge in [-0.25, -0.2) is 4.79 Å². The molecule has 1 aliphatic rings. The van der Waals surface area contributed by atoms with Gasteiger partial charge in [-0.2, -0.15) is 5.26 Å². The average Bonchev–Trinajstić information content (AvgIpc) is 3.48. The standard InChI is InChI=1S/C19H21N5O3/c1-12(25)24(15-8-9-15)11-13-4-6-14(7-5-13)21-17-16(10-20)18(26)23(3)19(27)22(17)2/h4-7,15,21H,8-9,11H2,1-3H3. The summed E-state index contributed by atoms with van der Waals surface area (Å²) in [6.45, 7) is 2.13. The fourth-order valence-electron chi connectivity index (χ4n) is 3.00. The number of nitrogens with zero attached hydrogens (tertiary/aromatic N) is 4. The lowest BCUT2D eigenvalue weighted by molar-refractivity contribution is -0.130. The molecule has 3 rings (SSSR count). The number of aromatic nitrogens is 2. The molecule has 0 saturated heterocycles. The highest BCUT2D eigenvalue weighted by Crippen LogP contribution is 2.28. The van der Waals surface area contributed by atoms with Crippen molar-refractivity contribution in [3.8, 4) is 6.07 Å². The summed E-state index contributed by atoms with van der Waals surface area (Å²) in [6.07, 6.45) is 2.10. The van der Waals surface area contributed by atoms with E-state index in [-0.39, 0.29) is 17.3 Å². The quantitative estimate of drug-likeness (QED) is 0.856. The second kappa shape index (κ2) is 7.11. The van der Waals surface area contributed by atoms with Crippen LogP contribution >= 0.6 is 0 Å². The Morgan fingerprint density at radius 1 is 1.22 bits per heavy atom. The van der Waals surface area contributed by atoms with Crippen LogP contribution < -0.4 is 16.6 Å². The number of hydrogen-bond acceptors (Lipinski definition) is 5. The van der Waals surface area contributed by atoms with Gasteiger partial charge in [0.15, 0.2) is 5.56 Å². The van der Waals surface area contributed by atoms with Crippen LogP contribution in [-0.4, -0.2) is 26.0 Å². The highest BCUT2D eigenvalue weighted by molar-refractivity contribution is 5.74. The minimum Gasteiger partial charge on any atom is -0.340 e. The van der Waals surface area contributed by atoms with Gasteiger partial charge in [-0.05, 0) is 30.5 Å². The topological polar surface area (TPSA) is 100 Å². The molecule has 0 spiro atoms. The van der Waals surface area contributed by atoms with Gasteiger partial charge >= 0.3 is 5.69 Å². The lowest BCUT2D eigenvalue weighted by Gasteiger charge is -2.21. The number of benzene rings is 1. The van der Waals surface area contributed by atoms with Crippen LogP contribution in [0.4, 0.5) is 11.5 Å². The number of nitriles is 1. The zero-order chi connectivity index (χ0) is 19.7. The molecule has 1 aromatic heterocycles. The first-order valence-corrected chi connectivity index (χ1v) is 8.66. The van der Waals surface area contributed by atoms with Crippen molar-refractivity contribution in [1.29, 1.82) is 5.26 Å². The molecule has 1 amide bonds. The van der Waals surface area contributed by atoms with E-state index in [4.69, 9.17) is 0 Å². The van der Waals surface area contributed by atoms with Crippen molar-refractivity contribution in [3.05, 3.63) is 56.2 Å². The van der Waals surface area contributed by atoms with E-state index in [9.17, 15) is 19.6 Å². The maximum absolute atomic E-state index is 12.1. The van der Waals surface area contributed by atoms with Crippen molar-refractivity contribution in [2.24, 2.45) is 14.1 Å². The number of carbonyl (C=O) groups excluding carboxylic acids is 1. The average molecular weight is 367 g/mol. The minimum atomic E-state index is -0.638. The van der Waals surface area contributed by atoms with Crippen molar-refractivity contribution in [2.75, 3.05) is 5.32 Å². The Kier molecular flexibility index (Phi) is 4.86. The summed E-state index contributed by atoms with van der Waals surface area (Å²) in [7, 11) is 2.84. The van der Waals surface area contributed by atoms with Crippen LogP contribution in [0.2, 0.25) is 0 Å². The number of anilines is 2. The summed E-state index contributed by atoms with van der Waals surface area (Å²) in [5.41, 5.74) is 0.349. The molecule has 1 fully saturated rings. The smallest absolute Gasteiger partial charge is 0.332 e. The molecular weight excluding hydrogens is 346 g/mol. The summed E-state index contributed by atoms with van der Waals surface area (Å²) in [4.78, 5) is 37.9. The lowest BCUT2D eigenvalue weighted by atomic mass is 10.2. The fraction of sp³-hybridized carbons (Fsp3) is 0.368. The number of rotatable bonds is 5. The van der Waals surface area contributed by atoms with Crippen molar-refractivity contribution in [1.82, 2.24) is 14.0 Å². The number of amides is 1. The summed E-state index contributed by atoms with van der Waals surface area (Å²) < 4.78 is 2.14. The van der Waals surface area contributed by atoms with Gasteiger partial charge in [0, 0.05) is 39.3 Å². The zero-order valence-electron chi connectivity index (χ0n) is 15.5. The molecule has 1 N–H and O–H groups in total. The maximum atomic E-state index is 12.1. The van der Waals surface area contributed by atoms with E-state index in [1.807, 2.05) is 23.1 Å². The normalized spacial score (nSPS) is 13.1. The van der Waals surface area contributed by atoms with E-state index < -0.39 is 11.2 Å². The van der Waals surface area contributed by atoms with Gasteiger partial charge in [-0.1, -0.05) is 12.1 Å². The van der Waals surface area contributed by atoms with Crippen molar-refractivity contribution >= 4 is 17.4 Å². The number of hydrogen-bond donors (Lipinski definition) is 1. The molecule has 1 aliphatic carbocycles. The van der Waals surface area contributed by atoms with E-state index >= 15 is 0 Å². The molecule has 8 nitrogen and oxygen atoms in total. The summed E-state index contributed by atoms with van der Waals surface area (Å²) in [6, 6.07) is 9.56. The van der Waals surface area contributed by atoms with Crippen molar-refractivity contribution in [2.45, 2.75) is 32.4 Å². The zero-order valence-corrected chi connectivity index (χ0v) is 15.5. The van der Waals surface area contributed by atoms with Gasteiger partial charge < -0.3 is 10.2 Å². The highest BCUT2D eigenvalue weighted by Gasteiger charge is 2.30. The lowest BCUT2D eigenvalue weighted by Crippen LogP contribution is -2.39. The summed E-state index contributed by atoms with van der Waals surface area (Å²) in [5.74, 6) is 0.218. The molecule has 27 heavy (non-hydrogen) atoms. The van der Waals surface area contributed by atoms with Crippen molar-refractivity contribution < 1.29 is 4.79 Å². The van der Waals surface area contributed by atoms with E-state index in [1.54, 1.807) is 19.1 Å². The van der Waals surface area contributed by atoms with Crippen LogP contribution in [0.25, 0.3) is 0 Å². The Morgan fingerprint density at radius 2 is 1.85 bits per heavy atom. The SMILES string of the molecule is CC(=O)N(Cc1ccc(Nc2c(C#N)c(=O)n(C)c(=O)n2C)cc1)C1CC1. The van der Waals surface area contributed by atoms with Crippen LogP contribution in [-0.2, 0) is 25.4 Å². The molecule has 0 bridgehead atoms. The number of carbonyl (C=O) groups is 1. The van der Waals surface area contributed by atoms with Crippen LogP contribution in [0, 0.1) is 11.3 Å². The van der Waals surface area contributed by atoms with E-state index in [0.717, 1.165) is 23.0 Å². The molecule has 8 heteroatoms. The Balaban J connectivity index is 1.86. The van der Waals surface area contributed by atoms with Gasteiger partial charge in [-0.3, -0.25) is 18.7 Å². The molecule has 1 heterocycles. The molecular formula is C19H21N5O3. The predicted molar refractivity (Wildman–Crippen MR) is 101 cm³/mol. The third-order valence-electron chi connectivity index (χ3n) is 4.74. The van der Waals surface area contributed by atoms with E-state index in [1.165, 1.54) is 18.7 Å². The molecule has 140 valence electrons. The minimum absolute atomic E-state index is 0.0634. The van der Waals surface area contributed by atoms with Gasteiger partial charge in [0.05, 0.1) is 0 Å². The summed E-state index contributed by atoms with van der Waals surface area (Å²) in [5, 5.41) is 12.3. The molecule has 0 radical (unpaired) electrons. The first kappa shape index (κ1) is 18.5. The van der Waals surface area contributed by atoms with Crippen LogP contribution in [0.3, 0.4) is 0 Å². The van der Waals surface area contributed by atoms with E-state index in [0.29, 0.717) is 18.3 Å². The Bertz CT molecular complexity index is 1040. The molecule has 2 aromatic rings. The first-order valence-electron chi connectivity index (χ1n) is 8.66. The van der Waals surface area contributed by atoms with Gasteiger partial charge in [-0.15, -0.1) is 0 Å². The third kappa shape index (κ3) is 3.62. The predicted octanol–water partition coefficient (Wildman–Crippen LogP) is 1.21. The first-order chi connectivity index (χ1) is 12.8. The Morgan fingerprint density at radius 3 is 2.37 bits per heavy atom. The van der Waals surface area contributed by atoms with Crippen molar-refractivity contribution in [3.63, 3.8) is 0 Å².